The van der Waals surface area contributed by atoms with Crippen LogP contribution in [0.5, 0.6) is 0 Å². The topological polar surface area (TPSA) is 82.9 Å². The summed E-state index contributed by atoms with van der Waals surface area (Å²) >= 11 is 0. The molecule has 0 unspecified atom stereocenters. The number of hydrogen-bond donors (Lipinski definition) is 2. The van der Waals surface area contributed by atoms with Crippen molar-refractivity contribution in [3.8, 4) is 0 Å². The Morgan fingerprint density at radius 1 is 0.818 bits per heavy atom. The molecule has 0 heterocycles. The molecule has 6 heteroatoms. The van der Waals surface area contributed by atoms with Crippen LogP contribution < -0.4 is 10.9 Å². The zero-order valence-electron chi connectivity index (χ0n) is 13.5. The first-order chi connectivity index (χ1) is 10.6. The molecule has 6 nitrogen and oxygen atoms in total. The molecule has 0 aliphatic heterocycles. The van der Waals surface area contributed by atoms with Crippen molar-refractivity contribution in [2.75, 3.05) is 0 Å². The summed E-state index contributed by atoms with van der Waals surface area (Å²) in [7, 11) is 0. The van der Waals surface area contributed by atoms with Crippen molar-refractivity contribution in [3.05, 3.63) is 0 Å². The predicted octanol–water partition coefficient (Wildman–Crippen LogP) is 2.35. The van der Waals surface area contributed by atoms with E-state index in [0.717, 1.165) is 11.4 Å². The Hall–Kier alpha value is -1.72. The number of rotatable bonds is 9. The van der Waals surface area contributed by atoms with E-state index in [9.17, 15) is 9.59 Å². The molecule has 0 spiro atoms. The Bertz CT molecular complexity index is 433. The van der Waals surface area contributed by atoms with Crippen LogP contribution >= 0.6 is 0 Å². The van der Waals surface area contributed by atoms with Crippen molar-refractivity contribution in [2.24, 2.45) is 22.0 Å². The molecule has 2 amide bonds. The van der Waals surface area contributed by atoms with Crippen LogP contribution in [-0.4, -0.2) is 23.2 Å². The molecule has 0 aromatic rings. The first kappa shape index (κ1) is 16.6. The van der Waals surface area contributed by atoms with Gasteiger partial charge in [-0.2, -0.15) is 10.2 Å². The normalized spacial score (nSPS) is 19.0. The Labute approximate surface area is 131 Å². The lowest BCUT2D eigenvalue weighted by Crippen LogP contribution is -2.20. The molecule has 0 saturated heterocycles. The van der Waals surface area contributed by atoms with Gasteiger partial charge in [0.1, 0.15) is 0 Å². The molecule has 2 aliphatic rings. The number of hydrazone groups is 2. The van der Waals surface area contributed by atoms with Gasteiger partial charge in [0.15, 0.2) is 0 Å². The van der Waals surface area contributed by atoms with E-state index in [1.165, 1.54) is 25.7 Å². The van der Waals surface area contributed by atoms with Gasteiger partial charge in [-0.15, -0.1) is 0 Å². The number of hydrogen-bond acceptors (Lipinski definition) is 4. The molecule has 2 rings (SSSR count). The minimum atomic E-state index is -0.0805. The van der Waals surface area contributed by atoms with Crippen LogP contribution in [0, 0.1) is 11.8 Å². The van der Waals surface area contributed by atoms with E-state index in [0.29, 0.717) is 37.5 Å². The summed E-state index contributed by atoms with van der Waals surface area (Å²) in [6, 6.07) is 0. The smallest absolute Gasteiger partial charge is 0.240 e. The molecule has 2 saturated carbocycles. The SMILES string of the molecule is CC(=NNC(=O)CCCCC(=O)NN=C(C)C1CC1)C1CC1. The third-order valence-electron chi connectivity index (χ3n) is 4.11. The Morgan fingerprint density at radius 2 is 1.18 bits per heavy atom. The maximum absolute atomic E-state index is 11.6. The third kappa shape index (κ3) is 6.37. The molecular weight excluding hydrogens is 280 g/mol. The lowest BCUT2D eigenvalue weighted by molar-refractivity contribution is -0.123. The first-order valence-corrected chi connectivity index (χ1v) is 8.22. The predicted molar refractivity (Wildman–Crippen MR) is 86.4 cm³/mol. The molecule has 0 radical (unpaired) electrons. The fourth-order valence-corrected chi connectivity index (χ4v) is 2.17. The van der Waals surface area contributed by atoms with E-state index >= 15 is 0 Å². The standard InChI is InChI=1S/C16H26N4O2/c1-11(13-7-8-13)17-19-15(21)5-3-4-6-16(22)20-18-12(2)14-9-10-14/h13-14H,3-10H2,1-2H3,(H,19,21)(H,20,22). The molecule has 2 N–H and O–H groups in total. The monoisotopic (exact) mass is 306 g/mol. The van der Waals surface area contributed by atoms with Crippen LogP contribution in [0.3, 0.4) is 0 Å². The lowest BCUT2D eigenvalue weighted by atomic mass is 10.2. The Balaban J connectivity index is 1.50. The molecule has 122 valence electrons. The van der Waals surface area contributed by atoms with Crippen LogP contribution in [0.15, 0.2) is 10.2 Å². The van der Waals surface area contributed by atoms with Gasteiger partial charge in [0.2, 0.25) is 11.8 Å². The molecule has 22 heavy (non-hydrogen) atoms. The number of amides is 2. The molecule has 2 aliphatic carbocycles. The summed E-state index contributed by atoms with van der Waals surface area (Å²) in [6.07, 6.45) is 6.90. The Morgan fingerprint density at radius 3 is 1.50 bits per heavy atom. The molecule has 2 fully saturated rings. The second-order valence-corrected chi connectivity index (χ2v) is 6.33. The van der Waals surface area contributed by atoms with Crippen molar-refractivity contribution in [1.82, 2.24) is 10.9 Å². The van der Waals surface area contributed by atoms with Crippen LogP contribution in [0.25, 0.3) is 0 Å². The summed E-state index contributed by atoms with van der Waals surface area (Å²) in [5.74, 6) is 0.985. The first-order valence-electron chi connectivity index (χ1n) is 8.22. The second kappa shape index (κ2) is 8.06. The zero-order valence-corrected chi connectivity index (χ0v) is 13.5. The highest BCUT2D eigenvalue weighted by Gasteiger charge is 2.25. The number of nitrogens with one attached hydrogen (secondary N) is 2. The third-order valence-corrected chi connectivity index (χ3v) is 4.11. The average Bonchev–Trinajstić information content (AvgIpc) is 3.38. The van der Waals surface area contributed by atoms with Gasteiger partial charge in [0, 0.05) is 24.3 Å². The second-order valence-electron chi connectivity index (χ2n) is 6.33. The number of nitrogens with zero attached hydrogens (tertiary/aromatic N) is 2. The van der Waals surface area contributed by atoms with Gasteiger partial charge >= 0.3 is 0 Å². The van der Waals surface area contributed by atoms with Gasteiger partial charge in [-0.3, -0.25) is 9.59 Å². The maximum Gasteiger partial charge on any atom is 0.240 e. The minimum Gasteiger partial charge on any atom is -0.273 e. The van der Waals surface area contributed by atoms with Gasteiger partial charge in [0.05, 0.1) is 0 Å². The Kier molecular flexibility index (Phi) is 6.10. The van der Waals surface area contributed by atoms with E-state index < -0.39 is 0 Å². The van der Waals surface area contributed by atoms with Gasteiger partial charge in [-0.1, -0.05) is 0 Å². The minimum absolute atomic E-state index is 0.0805. The highest BCUT2D eigenvalue weighted by Crippen LogP contribution is 2.30. The number of carbonyl (C=O) groups is 2. The van der Waals surface area contributed by atoms with Gasteiger partial charge < -0.3 is 0 Å². The summed E-state index contributed by atoms with van der Waals surface area (Å²) in [4.78, 5) is 23.2. The molecule has 0 bridgehead atoms. The average molecular weight is 306 g/mol. The van der Waals surface area contributed by atoms with Crippen LogP contribution in [0.2, 0.25) is 0 Å². The van der Waals surface area contributed by atoms with Crippen molar-refractivity contribution in [1.29, 1.82) is 0 Å². The van der Waals surface area contributed by atoms with E-state index in [1.807, 2.05) is 13.8 Å². The maximum atomic E-state index is 11.6. The molecule has 0 aromatic heterocycles. The summed E-state index contributed by atoms with van der Waals surface area (Å²) in [5.41, 5.74) is 7.18. The zero-order chi connectivity index (χ0) is 15.9. The van der Waals surface area contributed by atoms with E-state index in [2.05, 4.69) is 21.1 Å². The largest absolute Gasteiger partial charge is 0.273 e. The van der Waals surface area contributed by atoms with Gasteiger partial charge in [0.25, 0.3) is 0 Å². The van der Waals surface area contributed by atoms with Crippen molar-refractivity contribution >= 4 is 23.2 Å². The van der Waals surface area contributed by atoms with Crippen LogP contribution in [-0.2, 0) is 9.59 Å². The van der Waals surface area contributed by atoms with Crippen molar-refractivity contribution < 1.29 is 9.59 Å². The van der Waals surface area contributed by atoms with Gasteiger partial charge in [-0.25, -0.2) is 10.9 Å². The van der Waals surface area contributed by atoms with E-state index in [4.69, 9.17) is 0 Å². The van der Waals surface area contributed by atoms with E-state index in [1.54, 1.807) is 0 Å². The molecule has 0 aromatic carbocycles. The van der Waals surface area contributed by atoms with Crippen molar-refractivity contribution in [3.63, 3.8) is 0 Å². The highest BCUT2D eigenvalue weighted by molar-refractivity contribution is 5.88. The highest BCUT2D eigenvalue weighted by atomic mass is 16.2. The van der Waals surface area contributed by atoms with Crippen molar-refractivity contribution in [2.45, 2.75) is 65.2 Å². The fourth-order valence-electron chi connectivity index (χ4n) is 2.17. The van der Waals surface area contributed by atoms with E-state index in [-0.39, 0.29) is 11.8 Å². The van der Waals surface area contributed by atoms with Crippen LogP contribution in [0.4, 0.5) is 0 Å². The molecule has 0 atom stereocenters. The van der Waals surface area contributed by atoms with Gasteiger partial charge in [-0.05, 0) is 64.2 Å². The number of unbranched alkanes of at least 4 members (excludes halogenated alkanes) is 1. The summed E-state index contributed by atoms with van der Waals surface area (Å²) < 4.78 is 0. The quantitative estimate of drug-likeness (QED) is 0.389. The fraction of sp³-hybridized carbons (Fsp3) is 0.750. The molecular formula is C16H26N4O2. The lowest BCUT2D eigenvalue weighted by Gasteiger charge is -2.03. The summed E-state index contributed by atoms with van der Waals surface area (Å²) in [5, 5.41) is 8.18. The number of carbonyl (C=O) groups excluding carboxylic acids is 2. The van der Waals surface area contributed by atoms with Crippen LogP contribution in [0.1, 0.15) is 65.2 Å². The summed E-state index contributed by atoms with van der Waals surface area (Å²) in [6.45, 7) is 3.90.